The molecule has 3 rings (SSSR count). The summed E-state index contributed by atoms with van der Waals surface area (Å²) in [7, 11) is 3.41. The number of hydrogen-bond acceptors (Lipinski definition) is 5. The highest BCUT2D eigenvalue weighted by Gasteiger charge is 2.52. The summed E-state index contributed by atoms with van der Waals surface area (Å²) in [6.07, 6.45) is 4.12. The standard InChI is InChI=1S/C19H26N4O4/c1-22(12-14-6-8-15(27-2)9-7-14)13-16(24)21-23-17(25)19(20-18(23)26)10-4-3-5-11-19/h6-9H,3-5,10-13H2,1-2H3,(H,20,26)(H,21,24). The van der Waals surface area contributed by atoms with Crippen molar-refractivity contribution in [3.05, 3.63) is 29.8 Å². The van der Waals surface area contributed by atoms with Crippen LogP contribution in [-0.4, -0.2) is 54.0 Å². The number of amides is 4. The molecule has 1 aromatic carbocycles. The van der Waals surface area contributed by atoms with E-state index in [0.29, 0.717) is 19.4 Å². The summed E-state index contributed by atoms with van der Waals surface area (Å²) >= 11 is 0. The number of nitrogens with zero attached hydrogens (tertiary/aromatic N) is 2. The van der Waals surface area contributed by atoms with Gasteiger partial charge in [-0.05, 0) is 37.6 Å². The predicted molar refractivity (Wildman–Crippen MR) is 98.7 cm³/mol. The number of carbonyl (C=O) groups excluding carboxylic acids is 3. The maximum atomic E-state index is 12.7. The van der Waals surface area contributed by atoms with Crippen molar-refractivity contribution >= 4 is 17.8 Å². The molecule has 0 atom stereocenters. The quantitative estimate of drug-likeness (QED) is 0.735. The SMILES string of the molecule is COc1ccc(CN(C)CC(=O)NN2C(=O)NC3(CCCCC3)C2=O)cc1. The molecule has 1 aliphatic heterocycles. The fourth-order valence-corrected chi connectivity index (χ4v) is 3.72. The monoisotopic (exact) mass is 374 g/mol. The van der Waals surface area contributed by atoms with Crippen molar-refractivity contribution < 1.29 is 19.1 Å². The summed E-state index contributed by atoms with van der Waals surface area (Å²) in [5.74, 6) is 0.0232. The number of nitrogens with one attached hydrogen (secondary N) is 2. The maximum absolute atomic E-state index is 12.7. The molecule has 1 aromatic rings. The number of imide groups is 1. The van der Waals surface area contributed by atoms with Crippen LogP contribution in [0.4, 0.5) is 4.79 Å². The fourth-order valence-electron chi connectivity index (χ4n) is 3.72. The number of rotatable bonds is 6. The van der Waals surface area contributed by atoms with Gasteiger partial charge in [0.25, 0.3) is 11.8 Å². The van der Waals surface area contributed by atoms with Crippen LogP contribution in [0.3, 0.4) is 0 Å². The second-order valence-electron chi connectivity index (χ2n) is 7.27. The van der Waals surface area contributed by atoms with Gasteiger partial charge in [0.2, 0.25) is 0 Å². The molecule has 8 nitrogen and oxygen atoms in total. The van der Waals surface area contributed by atoms with Gasteiger partial charge < -0.3 is 10.1 Å². The summed E-state index contributed by atoms with van der Waals surface area (Å²) in [6, 6.07) is 7.03. The molecule has 146 valence electrons. The molecule has 1 aliphatic carbocycles. The van der Waals surface area contributed by atoms with E-state index in [0.717, 1.165) is 35.6 Å². The molecule has 1 heterocycles. The van der Waals surface area contributed by atoms with Gasteiger partial charge in [0, 0.05) is 6.54 Å². The van der Waals surface area contributed by atoms with E-state index < -0.39 is 17.5 Å². The van der Waals surface area contributed by atoms with E-state index in [9.17, 15) is 14.4 Å². The van der Waals surface area contributed by atoms with Gasteiger partial charge in [-0.2, -0.15) is 5.01 Å². The van der Waals surface area contributed by atoms with Crippen molar-refractivity contribution in [1.29, 1.82) is 0 Å². The average Bonchev–Trinajstić information content (AvgIpc) is 2.87. The van der Waals surface area contributed by atoms with Crippen LogP contribution in [0.5, 0.6) is 5.75 Å². The molecule has 0 radical (unpaired) electrons. The van der Waals surface area contributed by atoms with Crippen molar-refractivity contribution in [2.75, 3.05) is 20.7 Å². The zero-order valence-electron chi connectivity index (χ0n) is 15.8. The van der Waals surface area contributed by atoms with E-state index in [1.54, 1.807) is 14.2 Å². The second kappa shape index (κ2) is 7.96. The third-order valence-corrected chi connectivity index (χ3v) is 5.13. The van der Waals surface area contributed by atoms with Crippen LogP contribution in [0.25, 0.3) is 0 Å². The number of carbonyl (C=O) groups is 3. The van der Waals surface area contributed by atoms with Crippen LogP contribution >= 0.6 is 0 Å². The number of likely N-dealkylation sites (N-methyl/N-ethyl adjacent to an activating group) is 1. The van der Waals surface area contributed by atoms with E-state index in [4.69, 9.17) is 4.74 Å². The van der Waals surface area contributed by atoms with Gasteiger partial charge in [0.15, 0.2) is 0 Å². The van der Waals surface area contributed by atoms with Crippen LogP contribution < -0.4 is 15.5 Å². The van der Waals surface area contributed by atoms with Gasteiger partial charge in [-0.15, -0.1) is 0 Å². The van der Waals surface area contributed by atoms with Crippen LogP contribution in [0.1, 0.15) is 37.7 Å². The number of ether oxygens (including phenoxy) is 1. The molecule has 2 aliphatic rings. The smallest absolute Gasteiger partial charge is 0.344 e. The Kier molecular flexibility index (Phi) is 5.65. The first-order chi connectivity index (χ1) is 12.9. The lowest BCUT2D eigenvalue weighted by Crippen LogP contribution is -2.52. The van der Waals surface area contributed by atoms with Gasteiger partial charge in [-0.25, -0.2) is 4.79 Å². The van der Waals surface area contributed by atoms with E-state index in [-0.39, 0.29) is 12.5 Å². The maximum Gasteiger partial charge on any atom is 0.344 e. The molecule has 27 heavy (non-hydrogen) atoms. The molecular formula is C19H26N4O4. The summed E-state index contributed by atoms with van der Waals surface area (Å²) in [5, 5.41) is 3.62. The van der Waals surface area contributed by atoms with Crippen molar-refractivity contribution in [3.8, 4) is 5.75 Å². The first-order valence-electron chi connectivity index (χ1n) is 9.21. The second-order valence-corrected chi connectivity index (χ2v) is 7.27. The third-order valence-electron chi connectivity index (χ3n) is 5.13. The minimum absolute atomic E-state index is 0.0656. The van der Waals surface area contributed by atoms with Gasteiger partial charge in [-0.1, -0.05) is 31.4 Å². The van der Waals surface area contributed by atoms with Crippen molar-refractivity contribution in [2.45, 2.75) is 44.2 Å². The van der Waals surface area contributed by atoms with E-state index in [1.807, 2.05) is 29.2 Å². The fraction of sp³-hybridized carbons (Fsp3) is 0.526. The highest BCUT2D eigenvalue weighted by atomic mass is 16.5. The summed E-state index contributed by atoms with van der Waals surface area (Å²) < 4.78 is 5.13. The molecular weight excluding hydrogens is 348 g/mol. The Bertz CT molecular complexity index is 713. The van der Waals surface area contributed by atoms with Crippen LogP contribution in [0.15, 0.2) is 24.3 Å². The van der Waals surface area contributed by atoms with Crippen molar-refractivity contribution in [2.24, 2.45) is 0 Å². The lowest BCUT2D eigenvalue weighted by Gasteiger charge is -2.30. The highest BCUT2D eigenvalue weighted by Crippen LogP contribution is 2.32. The highest BCUT2D eigenvalue weighted by molar-refractivity contribution is 6.08. The Morgan fingerprint density at radius 1 is 1.22 bits per heavy atom. The molecule has 8 heteroatoms. The topological polar surface area (TPSA) is 91.0 Å². The average molecular weight is 374 g/mol. The van der Waals surface area contributed by atoms with Gasteiger partial charge in [0.1, 0.15) is 11.3 Å². The van der Waals surface area contributed by atoms with Crippen LogP contribution in [0, 0.1) is 0 Å². The van der Waals surface area contributed by atoms with Crippen molar-refractivity contribution in [3.63, 3.8) is 0 Å². The molecule has 0 unspecified atom stereocenters. The minimum atomic E-state index is -0.836. The van der Waals surface area contributed by atoms with Crippen molar-refractivity contribution in [1.82, 2.24) is 20.7 Å². The van der Waals surface area contributed by atoms with Crippen LogP contribution in [0.2, 0.25) is 0 Å². The zero-order valence-corrected chi connectivity index (χ0v) is 15.8. The molecule has 1 saturated carbocycles. The summed E-state index contributed by atoms with van der Waals surface area (Å²) in [4.78, 5) is 39.0. The Morgan fingerprint density at radius 2 is 1.89 bits per heavy atom. The normalized spacial score (nSPS) is 18.7. The Balaban J connectivity index is 1.53. The minimum Gasteiger partial charge on any atom is -0.497 e. The lowest BCUT2D eigenvalue weighted by molar-refractivity contribution is -0.140. The van der Waals surface area contributed by atoms with E-state index in [1.165, 1.54) is 0 Å². The number of urea groups is 1. The third kappa shape index (κ3) is 4.21. The summed E-state index contributed by atoms with van der Waals surface area (Å²) in [6.45, 7) is 0.623. The molecule has 0 bridgehead atoms. The van der Waals surface area contributed by atoms with Gasteiger partial charge in [0.05, 0.1) is 13.7 Å². The molecule has 2 fully saturated rings. The number of methoxy groups -OCH3 is 1. The molecule has 0 aromatic heterocycles. The van der Waals surface area contributed by atoms with Crippen LogP contribution in [-0.2, 0) is 16.1 Å². The first-order valence-corrected chi connectivity index (χ1v) is 9.21. The van der Waals surface area contributed by atoms with E-state index >= 15 is 0 Å². The first kappa shape index (κ1) is 19.2. The zero-order chi connectivity index (χ0) is 19.4. The molecule has 2 N–H and O–H groups in total. The van der Waals surface area contributed by atoms with E-state index in [2.05, 4.69) is 10.7 Å². The molecule has 1 spiro atoms. The molecule has 4 amide bonds. The number of benzene rings is 1. The summed E-state index contributed by atoms with van der Waals surface area (Å²) in [5.41, 5.74) is 2.65. The number of hydrogen-bond donors (Lipinski definition) is 2. The van der Waals surface area contributed by atoms with Gasteiger partial charge >= 0.3 is 6.03 Å². The Hall–Kier alpha value is -2.61. The Labute approximate surface area is 158 Å². The lowest BCUT2D eigenvalue weighted by atomic mass is 9.82. The van der Waals surface area contributed by atoms with Gasteiger partial charge in [-0.3, -0.25) is 19.9 Å². The predicted octanol–water partition coefficient (Wildman–Crippen LogP) is 1.41. The Morgan fingerprint density at radius 3 is 2.52 bits per heavy atom. The molecule has 1 saturated heterocycles. The largest absolute Gasteiger partial charge is 0.497 e. The number of hydrazine groups is 1.